The lowest BCUT2D eigenvalue weighted by molar-refractivity contribution is 0.387. The van der Waals surface area contributed by atoms with E-state index in [0.717, 1.165) is 17.7 Å². The normalized spacial score (nSPS) is 10.5. The summed E-state index contributed by atoms with van der Waals surface area (Å²) in [6.45, 7) is 4.59. The minimum absolute atomic E-state index is 0.189. The van der Waals surface area contributed by atoms with Gasteiger partial charge in [-0.2, -0.15) is 0 Å². The van der Waals surface area contributed by atoms with Crippen LogP contribution in [0.4, 0.5) is 0 Å². The molecular weight excluding hydrogens is 240 g/mol. The summed E-state index contributed by atoms with van der Waals surface area (Å²) in [5.74, 6) is 1.22. The zero-order valence-electron chi connectivity index (χ0n) is 11.1. The van der Waals surface area contributed by atoms with Gasteiger partial charge in [-0.05, 0) is 23.4 Å². The van der Waals surface area contributed by atoms with Crippen LogP contribution in [0.2, 0.25) is 0 Å². The van der Waals surface area contributed by atoms with Crippen LogP contribution in [0, 0.1) is 5.92 Å². The molecule has 0 fully saturated rings. The Morgan fingerprint density at radius 2 is 2.05 bits per heavy atom. The van der Waals surface area contributed by atoms with Gasteiger partial charge in [-0.15, -0.1) is 0 Å². The summed E-state index contributed by atoms with van der Waals surface area (Å²) in [6.07, 6.45) is 1.07. The van der Waals surface area contributed by atoms with E-state index in [1.807, 2.05) is 12.1 Å². The van der Waals surface area contributed by atoms with Crippen molar-refractivity contribution in [2.45, 2.75) is 26.8 Å². The van der Waals surface area contributed by atoms with Gasteiger partial charge in [-0.1, -0.05) is 48.4 Å². The van der Waals surface area contributed by atoms with Gasteiger partial charge in [0.05, 0.1) is 6.54 Å². The van der Waals surface area contributed by atoms with Gasteiger partial charge in [0.15, 0.2) is 0 Å². The van der Waals surface area contributed by atoms with Crippen LogP contribution in [0.15, 0.2) is 40.0 Å². The first-order valence-corrected chi connectivity index (χ1v) is 6.25. The molecule has 1 aromatic carbocycles. The second-order valence-corrected chi connectivity index (χ2v) is 4.86. The van der Waals surface area contributed by atoms with Crippen LogP contribution in [-0.4, -0.2) is 5.16 Å². The number of benzene rings is 1. The second kappa shape index (κ2) is 6.07. The maximum atomic E-state index is 8.25. The third kappa shape index (κ3) is 3.60. The first kappa shape index (κ1) is 13.2. The Balaban J connectivity index is 2.13. The van der Waals surface area contributed by atoms with Gasteiger partial charge in [-0.25, -0.2) is 0 Å². The van der Waals surface area contributed by atoms with Crippen molar-refractivity contribution < 1.29 is 4.52 Å². The molecule has 0 aliphatic carbocycles. The lowest BCUT2D eigenvalue weighted by Gasteiger charge is -2.04. The van der Waals surface area contributed by atoms with Gasteiger partial charge in [0, 0.05) is 16.5 Å². The highest BCUT2D eigenvalue weighted by atomic mass is 16.5. The predicted molar refractivity (Wildman–Crippen MR) is 73.3 cm³/mol. The van der Waals surface area contributed by atoms with Crippen LogP contribution in [0.25, 0.3) is 21.7 Å². The number of azide groups is 1. The van der Waals surface area contributed by atoms with E-state index >= 15 is 0 Å². The molecule has 0 aliphatic heterocycles. The Bertz CT molecular complexity index is 580. The minimum Gasteiger partial charge on any atom is -0.361 e. The van der Waals surface area contributed by atoms with Crippen LogP contribution < -0.4 is 0 Å². The number of rotatable bonds is 5. The molecule has 0 aliphatic rings. The fraction of sp³-hybridized carbons (Fsp3) is 0.357. The van der Waals surface area contributed by atoms with Crippen molar-refractivity contribution in [3.63, 3.8) is 0 Å². The highest BCUT2D eigenvalue weighted by molar-refractivity contribution is 5.59. The van der Waals surface area contributed by atoms with E-state index < -0.39 is 0 Å². The van der Waals surface area contributed by atoms with Crippen molar-refractivity contribution in [1.29, 1.82) is 0 Å². The third-order valence-electron chi connectivity index (χ3n) is 2.74. The van der Waals surface area contributed by atoms with E-state index in [9.17, 15) is 0 Å². The Hall–Kier alpha value is -2.26. The summed E-state index contributed by atoms with van der Waals surface area (Å²) in [6, 6.07) is 10.1. The molecule has 2 aromatic rings. The quantitative estimate of drug-likeness (QED) is 0.453. The highest BCUT2D eigenvalue weighted by Crippen LogP contribution is 2.21. The molecule has 0 amide bonds. The fourth-order valence-corrected chi connectivity index (χ4v) is 1.91. The molecule has 0 saturated carbocycles. The average molecular weight is 256 g/mol. The minimum atomic E-state index is 0.189. The first-order valence-electron chi connectivity index (χ1n) is 6.25. The van der Waals surface area contributed by atoms with E-state index in [2.05, 4.69) is 41.2 Å². The molecule has 0 atom stereocenters. The van der Waals surface area contributed by atoms with Crippen LogP contribution >= 0.6 is 0 Å². The van der Waals surface area contributed by atoms with Gasteiger partial charge in [0.25, 0.3) is 0 Å². The van der Waals surface area contributed by atoms with Gasteiger partial charge < -0.3 is 4.52 Å². The maximum absolute atomic E-state index is 8.25. The van der Waals surface area contributed by atoms with Gasteiger partial charge >= 0.3 is 0 Å². The molecule has 98 valence electrons. The van der Waals surface area contributed by atoms with Crippen molar-refractivity contribution in [3.05, 3.63) is 52.1 Å². The largest absolute Gasteiger partial charge is 0.361 e. The van der Waals surface area contributed by atoms with Crippen LogP contribution in [0.1, 0.15) is 25.2 Å². The lowest BCUT2D eigenvalue weighted by Crippen LogP contribution is -1.93. The fourth-order valence-electron chi connectivity index (χ4n) is 1.91. The van der Waals surface area contributed by atoms with Crippen LogP contribution in [0.5, 0.6) is 0 Å². The molecule has 19 heavy (non-hydrogen) atoms. The summed E-state index contributed by atoms with van der Waals surface area (Å²) in [5, 5.41) is 7.41. The Kier molecular flexibility index (Phi) is 4.21. The van der Waals surface area contributed by atoms with E-state index in [1.54, 1.807) is 6.07 Å². The molecule has 1 aromatic heterocycles. The predicted octanol–water partition coefficient (Wildman–Crippen LogP) is 4.35. The zero-order valence-corrected chi connectivity index (χ0v) is 11.1. The second-order valence-electron chi connectivity index (χ2n) is 4.86. The van der Waals surface area contributed by atoms with Gasteiger partial charge in [0.1, 0.15) is 11.5 Å². The van der Waals surface area contributed by atoms with Crippen LogP contribution in [0.3, 0.4) is 0 Å². The molecule has 1 heterocycles. The van der Waals surface area contributed by atoms with Crippen molar-refractivity contribution in [2.75, 3.05) is 0 Å². The maximum Gasteiger partial charge on any atom is 0.143 e. The summed E-state index contributed by atoms with van der Waals surface area (Å²) < 4.78 is 5.10. The van der Waals surface area contributed by atoms with Crippen molar-refractivity contribution >= 4 is 0 Å². The van der Waals surface area contributed by atoms with Crippen LogP contribution in [-0.2, 0) is 13.0 Å². The number of hydrogen-bond acceptors (Lipinski definition) is 3. The Labute approximate surface area is 111 Å². The molecule has 0 saturated heterocycles. The molecule has 5 nitrogen and oxygen atoms in total. The number of aromatic nitrogens is 1. The van der Waals surface area contributed by atoms with Gasteiger partial charge in [-0.3, -0.25) is 0 Å². The molecule has 0 spiro atoms. The standard InChI is InChI=1S/C14H16N4O/c1-10(2)7-11-3-5-12(6-4-11)14-8-13(19-17-14)9-16-18-15/h3-6,8,10H,7,9H2,1-2H3. The molecule has 2 rings (SSSR count). The van der Waals surface area contributed by atoms with E-state index in [4.69, 9.17) is 10.1 Å². The third-order valence-corrected chi connectivity index (χ3v) is 2.74. The summed E-state index contributed by atoms with van der Waals surface area (Å²) in [5.41, 5.74) is 11.3. The van der Waals surface area contributed by atoms with E-state index in [-0.39, 0.29) is 6.54 Å². The molecule has 0 radical (unpaired) electrons. The van der Waals surface area contributed by atoms with Crippen molar-refractivity contribution in [2.24, 2.45) is 11.0 Å². The smallest absolute Gasteiger partial charge is 0.143 e. The number of nitrogens with zero attached hydrogens (tertiary/aromatic N) is 4. The summed E-state index contributed by atoms with van der Waals surface area (Å²) in [7, 11) is 0. The van der Waals surface area contributed by atoms with E-state index in [1.165, 1.54) is 5.56 Å². The monoisotopic (exact) mass is 256 g/mol. The topological polar surface area (TPSA) is 74.8 Å². The number of hydrogen-bond donors (Lipinski definition) is 0. The average Bonchev–Trinajstić information content (AvgIpc) is 2.85. The molecule has 5 heteroatoms. The molecule has 0 unspecified atom stereocenters. The first-order chi connectivity index (χ1) is 9.19. The zero-order chi connectivity index (χ0) is 13.7. The Morgan fingerprint density at radius 3 is 2.68 bits per heavy atom. The Morgan fingerprint density at radius 1 is 1.32 bits per heavy atom. The summed E-state index contributed by atoms with van der Waals surface area (Å²) in [4.78, 5) is 2.69. The SMILES string of the molecule is CC(C)Cc1ccc(-c2cc(CN=[N+]=[N-])on2)cc1. The van der Waals surface area contributed by atoms with E-state index in [0.29, 0.717) is 11.7 Å². The summed E-state index contributed by atoms with van der Waals surface area (Å²) >= 11 is 0. The molecule has 0 N–H and O–H groups in total. The van der Waals surface area contributed by atoms with Crippen molar-refractivity contribution in [1.82, 2.24) is 5.16 Å². The molecule has 0 bridgehead atoms. The van der Waals surface area contributed by atoms with Gasteiger partial charge in [0.2, 0.25) is 0 Å². The molecular formula is C14H16N4O. The lowest BCUT2D eigenvalue weighted by atomic mass is 10.0. The highest BCUT2D eigenvalue weighted by Gasteiger charge is 2.06. The van der Waals surface area contributed by atoms with Crippen molar-refractivity contribution in [3.8, 4) is 11.3 Å².